The van der Waals surface area contributed by atoms with E-state index in [0.717, 1.165) is 30.5 Å². The molecule has 1 saturated carbocycles. The Balaban J connectivity index is 1.67. The zero-order valence-corrected chi connectivity index (χ0v) is 20.5. The molecule has 1 aromatic carbocycles. The normalized spacial score (nSPS) is 13.3. The molecule has 6 nitrogen and oxygen atoms in total. The quantitative estimate of drug-likeness (QED) is 0.348. The maximum absolute atomic E-state index is 13.6. The van der Waals surface area contributed by atoms with Gasteiger partial charge in [-0.15, -0.1) is 0 Å². The Bertz CT molecular complexity index is 1240. The molecule has 9 heteroatoms. The molecule has 4 rings (SSSR count). The molecule has 2 heterocycles. The standard InChI is InChI=1S/C28H28F3N3O3/c1-2-37-26(35)14-20-13-22(17-33-16-20)25-6-5-24(28(29,30)31)15-23(25)18-34(27(36)21-3-4-21)12-9-19-7-10-32-11-8-19/h5-8,10-11,13,15-17,21H,2-4,9,12,14,18H2,1H3. The monoisotopic (exact) mass is 511 g/mol. The smallest absolute Gasteiger partial charge is 0.416 e. The van der Waals surface area contributed by atoms with Gasteiger partial charge in [0.15, 0.2) is 0 Å². The van der Waals surface area contributed by atoms with Crippen molar-refractivity contribution >= 4 is 11.9 Å². The molecule has 0 radical (unpaired) electrons. The number of aromatic nitrogens is 2. The van der Waals surface area contributed by atoms with Crippen molar-refractivity contribution in [1.29, 1.82) is 0 Å². The molecular formula is C28H28F3N3O3. The number of amides is 1. The van der Waals surface area contributed by atoms with Crippen LogP contribution in [0, 0.1) is 5.92 Å². The van der Waals surface area contributed by atoms with Crippen molar-refractivity contribution in [3.8, 4) is 11.1 Å². The highest BCUT2D eigenvalue weighted by Gasteiger charge is 2.35. The lowest BCUT2D eigenvalue weighted by Gasteiger charge is -2.25. The van der Waals surface area contributed by atoms with Gasteiger partial charge >= 0.3 is 12.1 Å². The molecule has 3 aromatic rings. The Morgan fingerprint density at radius 1 is 1.03 bits per heavy atom. The molecule has 1 amide bonds. The van der Waals surface area contributed by atoms with E-state index in [1.165, 1.54) is 12.3 Å². The molecule has 0 atom stereocenters. The number of esters is 1. The number of carbonyl (C=O) groups is 2. The van der Waals surface area contributed by atoms with E-state index in [2.05, 4.69) is 9.97 Å². The van der Waals surface area contributed by atoms with Crippen LogP contribution in [0.5, 0.6) is 0 Å². The van der Waals surface area contributed by atoms with Gasteiger partial charge in [0.05, 0.1) is 18.6 Å². The summed E-state index contributed by atoms with van der Waals surface area (Å²) in [5, 5.41) is 0. The number of carbonyl (C=O) groups excluding carboxylic acids is 2. The van der Waals surface area contributed by atoms with Crippen LogP contribution >= 0.6 is 0 Å². The third-order valence-corrected chi connectivity index (χ3v) is 6.21. The number of nitrogens with zero attached hydrogens (tertiary/aromatic N) is 3. The lowest BCUT2D eigenvalue weighted by atomic mass is 9.96. The van der Waals surface area contributed by atoms with E-state index in [-0.39, 0.29) is 31.4 Å². The van der Waals surface area contributed by atoms with Crippen LogP contribution in [0.25, 0.3) is 11.1 Å². The van der Waals surface area contributed by atoms with E-state index in [4.69, 9.17) is 4.74 Å². The second-order valence-corrected chi connectivity index (χ2v) is 9.07. The summed E-state index contributed by atoms with van der Waals surface area (Å²) in [6, 6.07) is 8.98. The minimum absolute atomic E-state index is 0.00285. The first-order chi connectivity index (χ1) is 17.7. The van der Waals surface area contributed by atoms with Gasteiger partial charge in [0.1, 0.15) is 0 Å². The highest BCUT2D eigenvalue weighted by molar-refractivity contribution is 5.81. The summed E-state index contributed by atoms with van der Waals surface area (Å²) in [4.78, 5) is 34.9. The molecule has 1 aliphatic rings. The molecule has 0 aliphatic heterocycles. The lowest BCUT2D eigenvalue weighted by Crippen LogP contribution is -2.34. The Labute approximate surface area is 213 Å². The molecule has 0 saturated heterocycles. The van der Waals surface area contributed by atoms with Crippen LogP contribution in [0.3, 0.4) is 0 Å². The van der Waals surface area contributed by atoms with Crippen molar-refractivity contribution < 1.29 is 27.5 Å². The molecule has 2 aromatic heterocycles. The summed E-state index contributed by atoms with van der Waals surface area (Å²) in [5.41, 5.74) is 2.26. The van der Waals surface area contributed by atoms with Crippen LogP contribution in [0.15, 0.2) is 61.2 Å². The molecule has 0 unspecified atom stereocenters. The number of hydrogen-bond acceptors (Lipinski definition) is 5. The van der Waals surface area contributed by atoms with Crippen molar-refractivity contribution in [2.75, 3.05) is 13.2 Å². The van der Waals surface area contributed by atoms with E-state index >= 15 is 0 Å². The molecule has 1 fully saturated rings. The Hall–Kier alpha value is -3.75. The van der Waals surface area contributed by atoms with E-state index in [1.54, 1.807) is 36.5 Å². The Kier molecular flexibility index (Phi) is 8.21. The predicted molar refractivity (Wildman–Crippen MR) is 131 cm³/mol. The van der Waals surface area contributed by atoms with Crippen LogP contribution in [0.2, 0.25) is 0 Å². The fourth-order valence-corrected chi connectivity index (χ4v) is 4.17. The van der Waals surface area contributed by atoms with E-state index in [1.807, 2.05) is 12.1 Å². The van der Waals surface area contributed by atoms with Crippen LogP contribution in [-0.2, 0) is 39.9 Å². The van der Waals surface area contributed by atoms with Gasteiger partial charge in [-0.2, -0.15) is 13.2 Å². The van der Waals surface area contributed by atoms with E-state index in [9.17, 15) is 22.8 Å². The summed E-state index contributed by atoms with van der Waals surface area (Å²) in [7, 11) is 0. The van der Waals surface area contributed by atoms with Gasteiger partial charge in [-0.3, -0.25) is 19.6 Å². The zero-order chi connectivity index (χ0) is 26.4. The first-order valence-corrected chi connectivity index (χ1v) is 12.2. The van der Waals surface area contributed by atoms with Gasteiger partial charge in [0.2, 0.25) is 5.91 Å². The van der Waals surface area contributed by atoms with Gasteiger partial charge in [-0.05, 0) is 78.8 Å². The van der Waals surface area contributed by atoms with Gasteiger partial charge in [-0.1, -0.05) is 6.07 Å². The van der Waals surface area contributed by atoms with Gasteiger partial charge in [0, 0.05) is 49.4 Å². The number of rotatable bonds is 10. The summed E-state index contributed by atoms with van der Waals surface area (Å²) in [5.74, 6) is -0.542. The molecular weight excluding hydrogens is 483 g/mol. The van der Waals surface area contributed by atoms with Crippen LogP contribution < -0.4 is 0 Å². The highest BCUT2D eigenvalue weighted by atomic mass is 19.4. The van der Waals surface area contributed by atoms with Gasteiger partial charge in [0.25, 0.3) is 0 Å². The number of hydrogen-bond donors (Lipinski definition) is 0. The van der Waals surface area contributed by atoms with Crippen molar-refractivity contribution in [2.24, 2.45) is 5.92 Å². The van der Waals surface area contributed by atoms with Crippen molar-refractivity contribution in [3.63, 3.8) is 0 Å². The number of ether oxygens (including phenoxy) is 1. The van der Waals surface area contributed by atoms with Crippen molar-refractivity contribution in [2.45, 2.75) is 45.3 Å². The number of pyridine rings is 2. The SMILES string of the molecule is CCOC(=O)Cc1cncc(-c2ccc(C(F)(F)F)cc2CN(CCc2ccncc2)C(=O)C2CC2)c1. The molecule has 0 N–H and O–H groups in total. The lowest BCUT2D eigenvalue weighted by molar-refractivity contribution is -0.142. The van der Waals surface area contributed by atoms with Crippen molar-refractivity contribution in [3.05, 3.63) is 83.4 Å². The Morgan fingerprint density at radius 2 is 1.78 bits per heavy atom. The predicted octanol–water partition coefficient (Wildman–Crippen LogP) is 5.25. The maximum Gasteiger partial charge on any atom is 0.416 e. The van der Waals surface area contributed by atoms with Crippen LogP contribution in [0.1, 0.15) is 42.0 Å². The third kappa shape index (κ3) is 7.15. The average Bonchev–Trinajstić information content (AvgIpc) is 3.72. The van der Waals surface area contributed by atoms with Gasteiger partial charge < -0.3 is 9.64 Å². The second-order valence-electron chi connectivity index (χ2n) is 9.07. The Morgan fingerprint density at radius 3 is 2.46 bits per heavy atom. The summed E-state index contributed by atoms with van der Waals surface area (Å²) in [6.07, 6.45) is 4.04. The topological polar surface area (TPSA) is 72.4 Å². The third-order valence-electron chi connectivity index (χ3n) is 6.21. The van der Waals surface area contributed by atoms with Crippen LogP contribution in [0.4, 0.5) is 13.2 Å². The summed E-state index contributed by atoms with van der Waals surface area (Å²) >= 11 is 0. The minimum Gasteiger partial charge on any atom is -0.466 e. The molecule has 194 valence electrons. The molecule has 37 heavy (non-hydrogen) atoms. The summed E-state index contributed by atoms with van der Waals surface area (Å²) in [6.45, 7) is 2.36. The van der Waals surface area contributed by atoms with E-state index in [0.29, 0.717) is 35.2 Å². The fraction of sp³-hybridized carbons (Fsp3) is 0.357. The maximum atomic E-state index is 13.6. The van der Waals surface area contributed by atoms with Crippen LogP contribution in [-0.4, -0.2) is 39.9 Å². The number of benzene rings is 1. The summed E-state index contributed by atoms with van der Waals surface area (Å²) < 4.78 is 45.9. The zero-order valence-electron chi connectivity index (χ0n) is 20.5. The second kappa shape index (κ2) is 11.5. The minimum atomic E-state index is -4.53. The first kappa shape index (κ1) is 26.3. The molecule has 1 aliphatic carbocycles. The largest absolute Gasteiger partial charge is 0.466 e. The molecule has 0 spiro atoms. The fourth-order valence-electron chi connectivity index (χ4n) is 4.17. The average molecular weight is 512 g/mol. The van der Waals surface area contributed by atoms with Gasteiger partial charge in [-0.25, -0.2) is 0 Å². The number of alkyl halides is 3. The highest BCUT2D eigenvalue weighted by Crippen LogP contribution is 2.36. The molecule has 0 bridgehead atoms. The number of halogens is 3. The first-order valence-electron chi connectivity index (χ1n) is 12.2. The van der Waals surface area contributed by atoms with Crippen molar-refractivity contribution in [1.82, 2.24) is 14.9 Å². The van der Waals surface area contributed by atoms with E-state index < -0.39 is 17.7 Å².